The van der Waals surface area contributed by atoms with E-state index in [1.807, 2.05) is 12.1 Å². The van der Waals surface area contributed by atoms with Gasteiger partial charge in [0.15, 0.2) is 0 Å². The number of likely N-dealkylation sites (tertiary alicyclic amines) is 2. The second-order valence-electron chi connectivity index (χ2n) is 11.2. The summed E-state index contributed by atoms with van der Waals surface area (Å²) in [6, 6.07) is 19.7. The molecule has 3 aliphatic heterocycles. The summed E-state index contributed by atoms with van der Waals surface area (Å²) in [6.45, 7) is 10.6. The van der Waals surface area contributed by atoms with Crippen molar-refractivity contribution in [1.29, 1.82) is 0 Å². The molecular formula is C30H43Cl2N3O2. The molecule has 0 aromatic heterocycles. The fraction of sp³-hybridized carbons (Fsp3) is 0.567. The third kappa shape index (κ3) is 6.11. The van der Waals surface area contributed by atoms with Crippen LogP contribution in [0.4, 0.5) is 0 Å². The van der Waals surface area contributed by atoms with Gasteiger partial charge in [0.1, 0.15) is 5.75 Å². The zero-order valence-corrected chi connectivity index (χ0v) is 24.0. The molecule has 1 spiro atoms. The molecule has 37 heavy (non-hydrogen) atoms. The molecule has 0 saturated carbocycles. The van der Waals surface area contributed by atoms with Crippen molar-refractivity contribution in [1.82, 2.24) is 15.1 Å². The standard InChI is InChI=1S/C30H41N3O2.2ClH/c1-22(2)28(27-20-31-19-26(27)24-7-5-4-6-8-24)32-16-13-30(14-17-32)15-18-33(29(30)34)21-23-9-11-25(35-3)12-10-23;;/h4-12,22,26-28,31H,13-21H2,1-3H3;2*1H/t26-,27-,28?;;/m1../s1. The maximum absolute atomic E-state index is 13.6. The van der Waals surface area contributed by atoms with Crippen LogP contribution in [0, 0.1) is 17.3 Å². The Bertz CT molecular complexity index is 994. The van der Waals surface area contributed by atoms with Crippen molar-refractivity contribution in [2.45, 2.75) is 51.6 Å². The number of hydrogen-bond acceptors (Lipinski definition) is 4. The topological polar surface area (TPSA) is 44.8 Å². The Hall–Kier alpha value is -1.79. The lowest BCUT2D eigenvalue weighted by molar-refractivity contribution is -0.139. The summed E-state index contributed by atoms with van der Waals surface area (Å²) >= 11 is 0. The number of methoxy groups -OCH3 is 1. The molecule has 7 heteroatoms. The van der Waals surface area contributed by atoms with Gasteiger partial charge in [-0.15, -0.1) is 24.8 Å². The Morgan fingerprint density at radius 2 is 1.59 bits per heavy atom. The fourth-order valence-electron chi connectivity index (χ4n) is 7.02. The van der Waals surface area contributed by atoms with Crippen LogP contribution in [0.25, 0.3) is 0 Å². The Labute approximate surface area is 235 Å². The highest BCUT2D eigenvalue weighted by Gasteiger charge is 2.50. The lowest BCUT2D eigenvalue weighted by atomic mass is 9.74. The number of amides is 1. The molecule has 204 valence electrons. The van der Waals surface area contributed by atoms with E-state index < -0.39 is 0 Å². The second kappa shape index (κ2) is 12.8. The molecule has 5 rings (SSSR count). The first kappa shape index (κ1) is 29.8. The average Bonchev–Trinajstić information content (AvgIpc) is 3.47. The number of ether oxygens (including phenoxy) is 1. The third-order valence-electron chi connectivity index (χ3n) is 8.92. The molecule has 1 N–H and O–H groups in total. The SMILES string of the molecule is COc1ccc(CN2CCC3(CCN(C(C(C)C)[C@@H]4CNC[C@@H]4c4ccccc4)CC3)C2=O)cc1.Cl.Cl. The minimum absolute atomic E-state index is 0. The number of hydrogen-bond donors (Lipinski definition) is 1. The van der Waals surface area contributed by atoms with Crippen LogP contribution in [0.3, 0.4) is 0 Å². The van der Waals surface area contributed by atoms with E-state index >= 15 is 0 Å². The van der Waals surface area contributed by atoms with E-state index in [1.54, 1.807) is 7.11 Å². The Kier molecular flexibility index (Phi) is 10.3. The van der Waals surface area contributed by atoms with Crippen molar-refractivity contribution in [3.05, 3.63) is 65.7 Å². The predicted octanol–water partition coefficient (Wildman–Crippen LogP) is 5.38. The van der Waals surface area contributed by atoms with Gasteiger partial charge in [-0.1, -0.05) is 56.3 Å². The molecule has 3 fully saturated rings. The van der Waals surface area contributed by atoms with Crippen LogP contribution in [0.15, 0.2) is 54.6 Å². The summed E-state index contributed by atoms with van der Waals surface area (Å²) in [5.74, 6) is 2.99. The van der Waals surface area contributed by atoms with Gasteiger partial charge in [0.05, 0.1) is 12.5 Å². The summed E-state index contributed by atoms with van der Waals surface area (Å²) in [6.07, 6.45) is 2.98. The molecule has 1 amide bonds. The number of nitrogens with zero attached hydrogens (tertiary/aromatic N) is 2. The molecule has 3 aliphatic rings. The first-order valence-electron chi connectivity index (χ1n) is 13.4. The predicted molar refractivity (Wildman–Crippen MR) is 155 cm³/mol. The molecule has 0 bridgehead atoms. The molecule has 2 aromatic carbocycles. The van der Waals surface area contributed by atoms with Crippen molar-refractivity contribution in [2.75, 3.05) is 39.8 Å². The van der Waals surface area contributed by atoms with Crippen molar-refractivity contribution in [3.63, 3.8) is 0 Å². The molecular weight excluding hydrogens is 505 g/mol. The molecule has 5 nitrogen and oxygen atoms in total. The molecule has 2 aromatic rings. The van der Waals surface area contributed by atoms with Gasteiger partial charge in [0, 0.05) is 38.1 Å². The number of halogens is 2. The number of nitrogens with one attached hydrogen (secondary N) is 1. The van der Waals surface area contributed by atoms with E-state index in [0.717, 1.165) is 57.7 Å². The molecule has 1 unspecified atom stereocenters. The Balaban J connectivity index is 0.00000190. The van der Waals surface area contributed by atoms with Gasteiger partial charge in [0.25, 0.3) is 0 Å². The highest BCUT2D eigenvalue weighted by atomic mass is 35.5. The minimum Gasteiger partial charge on any atom is -0.497 e. The zero-order valence-electron chi connectivity index (χ0n) is 22.4. The molecule has 3 atom stereocenters. The van der Waals surface area contributed by atoms with Crippen LogP contribution in [-0.2, 0) is 11.3 Å². The molecule has 0 aliphatic carbocycles. The number of rotatable bonds is 7. The summed E-state index contributed by atoms with van der Waals surface area (Å²) in [4.78, 5) is 18.4. The van der Waals surface area contributed by atoms with E-state index in [2.05, 4.69) is 71.4 Å². The van der Waals surface area contributed by atoms with Crippen molar-refractivity contribution < 1.29 is 9.53 Å². The summed E-state index contributed by atoms with van der Waals surface area (Å²) in [7, 11) is 1.68. The number of benzene rings is 2. The number of piperidine rings is 1. The molecule has 3 saturated heterocycles. The number of carbonyl (C=O) groups is 1. The van der Waals surface area contributed by atoms with Gasteiger partial charge in [-0.3, -0.25) is 9.69 Å². The van der Waals surface area contributed by atoms with Crippen LogP contribution >= 0.6 is 24.8 Å². The van der Waals surface area contributed by atoms with E-state index in [0.29, 0.717) is 36.2 Å². The smallest absolute Gasteiger partial charge is 0.229 e. The van der Waals surface area contributed by atoms with Crippen LogP contribution in [-0.4, -0.2) is 61.6 Å². The van der Waals surface area contributed by atoms with Gasteiger partial charge in [-0.05, 0) is 67.4 Å². The first-order valence-corrected chi connectivity index (χ1v) is 13.4. The maximum atomic E-state index is 13.6. The highest BCUT2D eigenvalue weighted by Crippen LogP contribution is 2.44. The summed E-state index contributed by atoms with van der Waals surface area (Å²) in [5.41, 5.74) is 2.48. The average molecular weight is 549 g/mol. The van der Waals surface area contributed by atoms with Gasteiger partial charge < -0.3 is 15.0 Å². The second-order valence-corrected chi connectivity index (χ2v) is 11.2. The van der Waals surface area contributed by atoms with Crippen molar-refractivity contribution >= 4 is 30.7 Å². The van der Waals surface area contributed by atoms with Crippen molar-refractivity contribution in [3.8, 4) is 5.75 Å². The highest BCUT2D eigenvalue weighted by molar-refractivity contribution is 5.86. The largest absolute Gasteiger partial charge is 0.497 e. The van der Waals surface area contributed by atoms with Crippen LogP contribution in [0.2, 0.25) is 0 Å². The van der Waals surface area contributed by atoms with Gasteiger partial charge in [-0.2, -0.15) is 0 Å². The van der Waals surface area contributed by atoms with Gasteiger partial charge >= 0.3 is 0 Å². The maximum Gasteiger partial charge on any atom is 0.229 e. The van der Waals surface area contributed by atoms with E-state index in [4.69, 9.17) is 4.74 Å². The third-order valence-corrected chi connectivity index (χ3v) is 8.92. The zero-order chi connectivity index (χ0) is 24.4. The fourth-order valence-corrected chi connectivity index (χ4v) is 7.02. The van der Waals surface area contributed by atoms with E-state index in [9.17, 15) is 4.79 Å². The van der Waals surface area contributed by atoms with Gasteiger partial charge in [0.2, 0.25) is 5.91 Å². The molecule has 0 radical (unpaired) electrons. The normalized spacial score (nSPS) is 24.1. The Morgan fingerprint density at radius 3 is 2.22 bits per heavy atom. The Morgan fingerprint density at radius 1 is 0.946 bits per heavy atom. The lowest BCUT2D eigenvalue weighted by Crippen LogP contribution is -2.53. The summed E-state index contributed by atoms with van der Waals surface area (Å²) < 4.78 is 5.28. The van der Waals surface area contributed by atoms with Crippen LogP contribution < -0.4 is 10.1 Å². The quantitative estimate of drug-likeness (QED) is 0.505. The summed E-state index contributed by atoms with van der Waals surface area (Å²) in [5, 5.41) is 3.69. The first-order chi connectivity index (χ1) is 17.0. The van der Waals surface area contributed by atoms with Crippen molar-refractivity contribution in [2.24, 2.45) is 17.3 Å². The lowest BCUT2D eigenvalue weighted by Gasteiger charge is -2.46. The minimum atomic E-state index is -0.155. The van der Waals surface area contributed by atoms with E-state index in [-0.39, 0.29) is 30.2 Å². The van der Waals surface area contributed by atoms with Crippen LogP contribution in [0.1, 0.15) is 50.2 Å². The van der Waals surface area contributed by atoms with Crippen LogP contribution in [0.5, 0.6) is 5.75 Å². The number of carbonyl (C=O) groups excluding carboxylic acids is 1. The van der Waals surface area contributed by atoms with Gasteiger partial charge in [-0.25, -0.2) is 0 Å². The van der Waals surface area contributed by atoms with E-state index in [1.165, 1.54) is 11.1 Å². The monoisotopic (exact) mass is 547 g/mol. The molecule has 3 heterocycles.